The van der Waals surface area contributed by atoms with Gasteiger partial charge in [0.05, 0.1) is 16.1 Å². The second-order valence-electron chi connectivity index (χ2n) is 11.7. The predicted octanol–water partition coefficient (Wildman–Crippen LogP) is 13.2. The number of hydrogen-bond acceptors (Lipinski definition) is 2. The minimum Gasteiger partial charge on any atom is -0.308 e. The first-order valence-corrected chi connectivity index (χ1v) is 16.5. The average Bonchev–Trinajstić information content (AvgIpc) is 3.52. The van der Waals surface area contributed by atoms with Crippen LogP contribution in [0.2, 0.25) is 0 Å². The molecule has 0 aliphatic heterocycles. The van der Waals surface area contributed by atoms with Gasteiger partial charge in [0.1, 0.15) is 0 Å². The van der Waals surface area contributed by atoms with E-state index >= 15 is 0 Å². The molecular weight excluding hydrogens is 575 g/mol. The first-order chi connectivity index (χ1) is 22.8. The van der Waals surface area contributed by atoms with E-state index in [0.29, 0.717) is 0 Å². The van der Waals surface area contributed by atoms with Crippen LogP contribution in [0.3, 0.4) is 0 Å². The summed E-state index contributed by atoms with van der Waals surface area (Å²) in [4.78, 5) is 2.47. The van der Waals surface area contributed by atoms with Crippen molar-refractivity contribution in [3.63, 3.8) is 0 Å². The Morgan fingerprint density at radius 2 is 1.02 bits per heavy atom. The van der Waals surface area contributed by atoms with E-state index in [1.165, 1.54) is 69.7 Å². The van der Waals surface area contributed by atoms with Crippen LogP contribution in [0.25, 0.3) is 64.0 Å². The predicted molar refractivity (Wildman–Crippen MR) is 200 cm³/mol. The molecule has 0 unspecified atom stereocenters. The molecule has 0 saturated carbocycles. The molecular formula is C44H29NS. The van der Waals surface area contributed by atoms with E-state index in [-0.39, 0.29) is 0 Å². The zero-order valence-electron chi connectivity index (χ0n) is 25.1. The van der Waals surface area contributed by atoms with E-state index in [9.17, 15) is 0 Å². The summed E-state index contributed by atoms with van der Waals surface area (Å²) in [6, 6.07) is 64.0. The molecule has 0 atom stereocenters. The SMILES string of the molecule is c1ccc(-c2ccc(-c3cc4ccccc4c4ccccc34)cc2N(c2ccccc2)c2cccc3c2sc2ccccc23)cc1. The van der Waals surface area contributed by atoms with Gasteiger partial charge in [-0.3, -0.25) is 0 Å². The molecule has 216 valence electrons. The topological polar surface area (TPSA) is 3.24 Å². The molecule has 0 N–H and O–H groups in total. The van der Waals surface area contributed by atoms with Crippen LogP contribution in [0, 0.1) is 0 Å². The lowest BCUT2D eigenvalue weighted by Crippen LogP contribution is -2.11. The maximum atomic E-state index is 2.47. The molecule has 0 fully saturated rings. The van der Waals surface area contributed by atoms with Gasteiger partial charge >= 0.3 is 0 Å². The molecule has 0 aliphatic rings. The van der Waals surface area contributed by atoms with Gasteiger partial charge in [-0.25, -0.2) is 0 Å². The van der Waals surface area contributed by atoms with Crippen molar-refractivity contribution in [2.24, 2.45) is 0 Å². The van der Waals surface area contributed by atoms with Crippen LogP contribution < -0.4 is 4.90 Å². The van der Waals surface area contributed by atoms with Crippen LogP contribution in [0.1, 0.15) is 0 Å². The summed E-state index contributed by atoms with van der Waals surface area (Å²) in [7, 11) is 0. The summed E-state index contributed by atoms with van der Waals surface area (Å²) in [5.74, 6) is 0. The van der Waals surface area contributed by atoms with Crippen LogP contribution in [-0.4, -0.2) is 0 Å². The number of thiophene rings is 1. The maximum absolute atomic E-state index is 2.47. The lowest BCUT2D eigenvalue weighted by molar-refractivity contribution is 1.30. The number of benzene rings is 8. The summed E-state index contributed by atoms with van der Waals surface area (Å²) in [5.41, 5.74) is 8.28. The van der Waals surface area contributed by atoms with Crippen molar-refractivity contribution in [1.82, 2.24) is 0 Å². The highest BCUT2D eigenvalue weighted by atomic mass is 32.1. The summed E-state index contributed by atoms with van der Waals surface area (Å²) in [5, 5.41) is 7.66. The first-order valence-electron chi connectivity index (χ1n) is 15.7. The molecule has 8 aromatic carbocycles. The smallest absolute Gasteiger partial charge is 0.0640 e. The Balaban J connectivity index is 1.37. The van der Waals surface area contributed by atoms with Gasteiger partial charge in [-0.2, -0.15) is 0 Å². The van der Waals surface area contributed by atoms with Gasteiger partial charge < -0.3 is 4.90 Å². The summed E-state index contributed by atoms with van der Waals surface area (Å²) >= 11 is 1.87. The number of para-hydroxylation sites is 1. The molecule has 0 spiro atoms. The molecule has 1 nitrogen and oxygen atoms in total. The summed E-state index contributed by atoms with van der Waals surface area (Å²) in [6.07, 6.45) is 0. The standard InChI is InChI=1S/C44H29NS/c1-3-14-30(15-4-1)35-27-26-32(40-28-31-16-7-8-19-34(31)36-20-9-10-21-37(36)40)29-42(35)45(33-17-5-2-6-18-33)41-24-13-23-39-38-22-11-12-25-43(38)46-44(39)41/h1-29H. The van der Waals surface area contributed by atoms with Crippen LogP contribution in [0.4, 0.5) is 17.1 Å². The van der Waals surface area contributed by atoms with Gasteiger partial charge in [-0.1, -0.05) is 140 Å². The highest BCUT2D eigenvalue weighted by Crippen LogP contribution is 2.48. The normalized spacial score (nSPS) is 11.5. The van der Waals surface area contributed by atoms with Gasteiger partial charge in [-0.05, 0) is 74.6 Å². The molecule has 46 heavy (non-hydrogen) atoms. The maximum Gasteiger partial charge on any atom is 0.0640 e. The zero-order valence-corrected chi connectivity index (χ0v) is 25.9. The second kappa shape index (κ2) is 11.0. The van der Waals surface area contributed by atoms with Gasteiger partial charge in [-0.15, -0.1) is 11.3 Å². The highest BCUT2D eigenvalue weighted by molar-refractivity contribution is 7.26. The zero-order chi connectivity index (χ0) is 30.5. The van der Waals surface area contributed by atoms with E-state index in [1.54, 1.807) is 0 Å². The fourth-order valence-corrected chi connectivity index (χ4v) is 8.14. The quantitative estimate of drug-likeness (QED) is 0.177. The van der Waals surface area contributed by atoms with E-state index in [0.717, 1.165) is 11.4 Å². The summed E-state index contributed by atoms with van der Waals surface area (Å²) < 4.78 is 2.59. The minimum atomic E-state index is 1.13. The Labute approximate surface area is 272 Å². The number of fused-ring (bicyclic) bond motifs is 6. The Kier molecular flexibility index (Phi) is 6.40. The third-order valence-corrected chi connectivity index (χ3v) is 10.3. The van der Waals surface area contributed by atoms with E-state index < -0.39 is 0 Å². The van der Waals surface area contributed by atoms with Gasteiger partial charge in [0.25, 0.3) is 0 Å². The number of nitrogens with zero attached hydrogens (tertiary/aromatic N) is 1. The largest absolute Gasteiger partial charge is 0.308 e. The van der Waals surface area contributed by atoms with E-state index in [1.807, 2.05) is 11.3 Å². The molecule has 0 bridgehead atoms. The lowest BCUT2D eigenvalue weighted by atomic mass is 9.91. The van der Waals surface area contributed by atoms with E-state index in [2.05, 4.69) is 181 Å². The van der Waals surface area contributed by atoms with Crippen LogP contribution >= 0.6 is 11.3 Å². The van der Waals surface area contributed by atoms with Crippen molar-refractivity contribution in [1.29, 1.82) is 0 Å². The molecule has 0 saturated heterocycles. The monoisotopic (exact) mass is 603 g/mol. The fourth-order valence-electron chi connectivity index (χ4n) is 6.93. The van der Waals surface area contributed by atoms with Crippen LogP contribution in [-0.2, 0) is 0 Å². The Hall–Kier alpha value is -5.70. The molecule has 0 amide bonds. The van der Waals surface area contributed by atoms with Crippen molar-refractivity contribution >= 4 is 70.1 Å². The fraction of sp³-hybridized carbons (Fsp3) is 0. The molecule has 2 heteroatoms. The number of hydrogen-bond donors (Lipinski definition) is 0. The molecule has 9 rings (SSSR count). The van der Waals surface area contributed by atoms with E-state index in [4.69, 9.17) is 0 Å². The Morgan fingerprint density at radius 1 is 0.370 bits per heavy atom. The molecule has 0 aliphatic carbocycles. The third-order valence-electron chi connectivity index (χ3n) is 9.04. The average molecular weight is 604 g/mol. The van der Waals surface area contributed by atoms with Gasteiger partial charge in [0.15, 0.2) is 0 Å². The number of anilines is 3. The van der Waals surface area contributed by atoms with Crippen LogP contribution in [0.5, 0.6) is 0 Å². The van der Waals surface area contributed by atoms with Gasteiger partial charge in [0.2, 0.25) is 0 Å². The van der Waals surface area contributed by atoms with Crippen molar-refractivity contribution < 1.29 is 0 Å². The molecule has 0 radical (unpaired) electrons. The third kappa shape index (κ3) is 4.38. The Bertz CT molecular complexity index is 2530. The first kappa shape index (κ1) is 26.7. The molecule has 1 heterocycles. The van der Waals surface area contributed by atoms with Crippen molar-refractivity contribution in [3.05, 3.63) is 176 Å². The highest BCUT2D eigenvalue weighted by Gasteiger charge is 2.22. The number of rotatable bonds is 5. The van der Waals surface area contributed by atoms with Crippen LogP contribution in [0.15, 0.2) is 176 Å². The Morgan fingerprint density at radius 3 is 1.85 bits per heavy atom. The molecule has 9 aromatic rings. The minimum absolute atomic E-state index is 1.13. The van der Waals surface area contributed by atoms with Crippen molar-refractivity contribution in [2.45, 2.75) is 0 Å². The second-order valence-corrected chi connectivity index (χ2v) is 12.8. The molecule has 1 aromatic heterocycles. The van der Waals surface area contributed by atoms with Crippen molar-refractivity contribution in [2.75, 3.05) is 4.90 Å². The van der Waals surface area contributed by atoms with Gasteiger partial charge in [0, 0.05) is 26.7 Å². The van der Waals surface area contributed by atoms with Crippen molar-refractivity contribution in [3.8, 4) is 22.3 Å². The summed E-state index contributed by atoms with van der Waals surface area (Å²) in [6.45, 7) is 0. The lowest BCUT2D eigenvalue weighted by Gasteiger charge is -2.29.